The van der Waals surface area contributed by atoms with E-state index in [9.17, 15) is 9.59 Å². The predicted octanol–water partition coefficient (Wildman–Crippen LogP) is 3.53. The van der Waals surface area contributed by atoms with E-state index in [-0.39, 0.29) is 17.7 Å². The molecule has 1 atom stereocenters. The number of carbonyl (C=O) groups is 2. The van der Waals surface area contributed by atoms with Crippen LogP contribution in [0.15, 0.2) is 47.4 Å². The lowest BCUT2D eigenvalue weighted by Gasteiger charge is -2.28. The maximum absolute atomic E-state index is 12.8. The van der Waals surface area contributed by atoms with Gasteiger partial charge in [-0.2, -0.15) is 0 Å². The number of benzene rings is 2. The number of rotatable bonds is 1. The largest absolute Gasteiger partial charge is 0.496 e. The number of amides is 1. The fourth-order valence-corrected chi connectivity index (χ4v) is 4.48. The smallest absolute Gasteiger partial charge is 0.255 e. The molecule has 1 unspecified atom stereocenters. The minimum Gasteiger partial charge on any atom is -0.496 e. The minimum absolute atomic E-state index is 0.00393. The van der Waals surface area contributed by atoms with Crippen LogP contribution in [-0.4, -0.2) is 29.6 Å². The first-order chi connectivity index (χ1) is 11.2. The molecular formula is C18H15NO3S. The highest BCUT2D eigenvalue weighted by atomic mass is 32.2. The van der Waals surface area contributed by atoms with Crippen LogP contribution in [0.5, 0.6) is 5.75 Å². The number of thioether (sulfide) groups is 1. The Labute approximate surface area is 138 Å². The molecule has 0 bridgehead atoms. The van der Waals surface area contributed by atoms with E-state index < -0.39 is 0 Å². The molecule has 116 valence electrons. The van der Waals surface area contributed by atoms with Crippen molar-refractivity contribution in [2.75, 3.05) is 13.0 Å². The van der Waals surface area contributed by atoms with Crippen LogP contribution >= 0.6 is 11.8 Å². The van der Waals surface area contributed by atoms with E-state index >= 15 is 0 Å². The Bertz CT molecular complexity index is 818. The van der Waals surface area contributed by atoms with Crippen LogP contribution in [0.1, 0.15) is 38.7 Å². The number of ether oxygens (including phenoxy) is 1. The third-order valence-electron chi connectivity index (χ3n) is 4.41. The van der Waals surface area contributed by atoms with Gasteiger partial charge in [-0.05, 0) is 17.7 Å². The summed E-state index contributed by atoms with van der Waals surface area (Å²) in [5.74, 6) is 1.25. The highest BCUT2D eigenvalue weighted by Gasteiger charge is 2.39. The summed E-state index contributed by atoms with van der Waals surface area (Å²) in [6.45, 7) is 0. The van der Waals surface area contributed by atoms with E-state index in [1.807, 2.05) is 42.5 Å². The van der Waals surface area contributed by atoms with Crippen LogP contribution in [0.2, 0.25) is 0 Å². The van der Waals surface area contributed by atoms with Gasteiger partial charge in [0.1, 0.15) is 5.75 Å². The van der Waals surface area contributed by atoms with Gasteiger partial charge in [0, 0.05) is 17.5 Å². The zero-order chi connectivity index (χ0) is 16.0. The van der Waals surface area contributed by atoms with Crippen molar-refractivity contribution in [1.29, 1.82) is 0 Å². The minimum atomic E-state index is -0.168. The zero-order valence-electron chi connectivity index (χ0n) is 12.6. The molecule has 0 saturated carbocycles. The fraction of sp³-hybridized carbons (Fsp3) is 0.222. The maximum atomic E-state index is 12.8. The normalized spacial score (nSPS) is 19.5. The lowest BCUT2D eigenvalue weighted by atomic mass is 9.97. The maximum Gasteiger partial charge on any atom is 0.255 e. The van der Waals surface area contributed by atoms with Crippen molar-refractivity contribution in [1.82, 2.24) is 4.90 Å². The number of ketones is 1. The molecule has 0 aliphatic carbocycles. The van der Waals surface area contributed by atoms with Gasteiger partial charge in [0.25, 0.3) is 5.91 Å². The summed E-state index contributed by atoms with van der Waals surface area (Å²) in [6, 6.07) is 12.9. The number of Topliss-reactive ketones (excluding diaryl/α,β-unsaturated/α-hetero) is 1. The van der Waals surface area contributed by atoms with Crippen molar-refractivity contribution in [2.24, 2.45) is 0 Å². The van der Waals surface area contributed by atoms with Gasteiger partial charge in [-0.1, -0.05) is 42.1 Å². The number of fused-ring (bicyclic) bond motifs is 4. The summed E-state index contributed by atoms with van der Waals surface area (Å²) in [6.07, 6.45) is 0.309. The molecule has 2 aliphatic heterocycles. The Balaban J connectivity index is 1.80. The molecule has 0 aromatic heterocycles. The van der Waals surface area contributed by atoms with Crippen LogP contribution in [-0.2, 0) is 0 Å². The van der Waals surface area contributed by atoms with Crippen molar-refractivity contribution in [3.63, 3.8) is 0 Å². The van der Waals surface area contributed by atoms with E-state index in [1.165, 1.54) is 11.8 Å². The van der Waals surface area contributed by atoms with E-state index in [0.717, 1.165) is 10.5 Å². The third kappa shape index (κ3) is 2.15. The predicted molar refractivity (Wildman–Crippen MR) is 88.0 cm³/mol. The molecule has 2 aromatic carbocycles. The molecule has 2 aromatic rings. The summed E-state index contributed by atoms with van der Waals surface area (Å²) in [5, 5.41) is 0. The lowest BCUT2D eigenvalue weighted by molar-refractivity contribution is 0.0738. The zero-order valence-corrected chi connectivity index (χ0v) is 13.4. The van der Waals surface area contributed by atoms with Gasteiger partial charge in [0.2, 0.25) is 0 Å². The molecule has 1 amide bonds. The summed E-state index contributed by atoms with van der Waals surface area (Å²) < 4.78 is 5.38. The topological polar surface area (TPSA) is 46.6 Å². The monoisotopic (exact) mass is 325 g/mol. The lowest BCUT2D eigenvalue weighted by Crippen LogP contribution is -2.30. The average Bonchev–Trinajstić information content (AvgIpc) is 2.83. The molecule has 0 fully saturated rings. The van der Waals surface area contributed by atoms with Crippen molar-refractivity contribution >= 4 is 23.5 Å². The van der Waals surface area contributed by atoms with E-state index in [0.29, 0.717) is 29.2 Å². The van der Waals surface area contributed by atoms with Gasteiger partial charge >= 0.3 is 0 Å². The van der Waals surface area contributed by atoms with E-state index in [2.05, 4.69) is 0 Å². The van der Waals surface area contributed by atoms with Gasteiger partial charge < -0.3 is 9.64 Å². The van der Waals surface area contributed by atoms with Crippen LogP contribution in [0, 0.1) is 0 Å². The summed E-state index contributed by atoms with van der Waals surface area (Å²) >= 11 is 1.49. The second-order valence-corrected chi connectivity index (χ2v) is 6.57. The standard InChI is InChI=1S/C18H15NO3S/c1-22-16-8-4-7-13-15(20)9-14-11-5-2-3-6-12(11)18(21)19(14)10-23-17(13)16/h2-8,14H,9-10H2,1H3. The number of hydrogen-bond acceptors (Lipinski definition) is 4. The number of carbonyl (C=O) groups excluding carboxylic acids is 2. The van der Waals surface area contributed by atoms with Crippen LogP contribution in [0.3, 0.4) is 0 Å². The van der Waals surface area contributed by atoms with Crippen molar-refractivity contribution in [3.05, 3.63) is 59.2 Å². The molecule has 2 aliphatic rings. The molecule has 0 saturated heterocycles. The van der Waals surface area contributed by atoms with Gasteiger partial charge in [-0.3, -0.25) is 9.59 Å². The van der Waals surface area contributed by atoms with E-state index in [4.69, 9.17) is 4.74 Å². The summed E-state index contributed by atoms with van der Waals surface area (Å²) in [5.41, 5.74) is 2.35. The molecule has 2 heterocycles. The number of methoxy groups -OCH3 is 1. The van der Waals surface area contributed by atoms with E-state index in [1.54, 1.807) is 12.0 Å². The van der Waals surface area contributed by atoms with Gasteiger partial charge in [-0.25, -0.2) is 0 Å². The Morgan fingerprint density at radius 3 is 2.70 bits per heavy atom. The van der Waals surface area contributed by atoms with Crippen molar-refractivity contribution in [3.8, 4) is 5.75 Å². The SMILES string of the molecule is COc1cccc2c1SCN1C(=O)c3ccccc3C1CC2=O. The van der Waals surface area contributed by atoms with Crippen molar-refractivity contribution < 1.29 is 14.3 Å². The number of nitrogens with zero attached hydrogens (tertiary/aromatic N) is 1. The molecule has 4 rings (SSSR count). The Hall–Kier alpha value is -2.27. The van der Waals surface area contributed by atoms with Gasteiger partial charge in [0.15, 0.2) is 5.78 Å². The molecule has 0 N–H and O–H groups in total. The molecular weight excluding hydrogens is 310 g/mol. The first-order valence-corrected chi connectivity index (χ1v) is 8.42. The van der Waals surface area contributed by atoms with Crippen LogP contribution in [0.25, 0.3) is 0 Å². The second kappa shape index (κ2) is 5.42. The number of hydrogen-bond donors (Lipinski definition) is 0. The molecule has 4 nitrogen and oxygen atoms in total. The summed E-state index contributed by atoms with van der Waals surface area (Å²) in [4.78, 5) is 28.0. The highest BCUT2D eigenvalue weighted by molar-refractivity contribution is 7.99. The Kier molecular flexibility index (Phi) is 3.38. The first-order valence-electron chi connectivity index (χ1n) is 7.43. The first kappa shape index (κ1) is 14.3. The highest BCUT2D eigenvalue weighted by Crippen LogP contribution is 2.43. The summed E-state index contributed by atoms with van der Waals surface area (Å²) in [7, 11) is 1.60. The second-order valence-electron chi connectivity index (χ2n) is 5.62. The molecule has 0 radical (unpaired) electrons. The average molecular weight is 325 g/mol. The van der Waals surface area contributed by atoms with Gasteiger partial charge in [0.05, 0.1) is 23.9 Å². The van der Waals surface area contributed by atoms with Crippen LogP contribution < -0.4 is 4.74 Å². The Morgan fingerprint density at radius 2 is 1.87 bits per heavy atom. The molecule has 5 heteroatoms. The van der Waals surface area contributed by atoms with Crippen molar-refractivity contribution in [2.45, 2.75) is 17.4 Å². The molecule has 23 heavy (non-hydrogen) atoms. The fourth-order valence-electron chi connectivity index (χ4n) is 3.28. The quantitative estimate of drug-likeness (QED) is 0.805. The Morgan fingerprint density at radius 1 is 1.09 bits per heavy atom. The van der Waals surface area contributed by atoms with Crippen LogP contribution in [0.4, 0.5) is 0 Å². The molecule has 0 spiro atoms. The van der Waals surface area contributed by atoms with Gasteiger partial charge in [-0.15, -0.1) is 0 Å². The third-order valence-corrected chi connectivity index (χ3v) is 5.53.